The summed E-state index contributed by atoms with van der Waals surface area (Å²) in [5.41, 5.74) is 1.63. The van der Waals surface area contributed by atoms with E-state index in [1.165, 1.54) is 18.5 Å². The first-order valence-corrected chi connectivity index (χ1v) is 7.96. The first-order valence-electron chi connectivity index (χ1n) is 7.96. The molecule has 0 aliphatic carbocycles. The minimum absolute atomic E-state index is 0.0712. The summed E-state index contributed by atoms with van der Waals surface area (Å²) in [4.78, 5) is 16.4. The summed E-state index contributed by atoms with van der Waals surface area (Å²) in [6.45, 7) is 1.14. The molecule has 3 rings (SSSR count). The molecule has 1 unspecified atom stereocenters. The second-order valence-corrected chi connectivity index (χ2v) is 5.83. The summed E-state index contributed by atoms with van der Waals surface area (Å²) in [6.07, 6.45) is 1.93. The van der Waals surface area contributed by atoms with Crippen molar-refractivity contribution in [3.63, 3.8) is 0 Å². The number of amides is 1. The van der Waals surface area contributed by atoms with Gasteiger partial charge in [-0.25, -0.2) is 4.39 Å². The molecule has 26 heavy (non-hydrogen) atoms. The van der Waals surface area contributed by atoms with Gasteiger partial charge in [-0.05, 0) is 30.7 Å². The molecule has 0 fully saturated rings. The lowest BCUT2D eigenvalue weighted by Crippen LogP contribution is -2.33. The van der Waals surface area contributed by atoms with Crippen molar-refractivity contribution < 1.29 is 23.8 Å². The lowest BCUT2D eigenvalue weighted by Gasteiger charge is -2.10. The predicted octanol–water partition coefficient (Wildman–Crippen LogP) is 2.10. The number of nitrogens with one attached hydrogen (secondary N) is 2. The van der Waals surface area contributed by atoms with Crippen molar-refractivity contribution in [1.29, 1.82) is 0 Å². The summed E-state index contributed by atoms with van der Waals surface area (Å²) < 4.78 is 19.8. The van der Waals surface area contributed by atoms with Crippen LogP contribution in [0.1, 0.15) is 16.1 Å². The number of hydrogen-bond acceptors (Lipinski definition) is 6. The number of aromatic nitrogens is 1. The molecule has 8 heteroatoms. The van der Waals surface area contributed by atoms with Crippen molar-refractivity contribution in [2.45, 2.75) is 13.0 Å². The standard InChI is InChI=1S/C18H18FN3O4/c1-10-2-3-14(13(19)6-10)22-16-12-8-20-5-4-15(12)26-17(16)18(25)21-7-11(24)9-23/h2-6,8,11,22-24H,7,9H2,1H3,(H,21,25). The molecule has 0 spiro atoms. The van der Waals surface area contributed by atoms with Crippen LogP contribution in [-0.2, 0) is 0 Å². The fourth-order valence-corrected chi connectivity index (χ4v) is 2.44. The smallest absolute Gasteiger partial charge is 0.289 e. The van der Waals surface area contributed by atoms with Crippen molar-refractivity contribution in [2.24, 2.45) is 0 Å². The molecular formula is C18H18FN3O4. The average molecular weight is 359 g/mol. The molecule has 1 aromatic carbocycles. The quantitative estimate of drug-likeness (QED) is 0.537. The van der Waals surface area contributed by atoms with Gasteiger partial charge in [0.2, 0.25) is 5.76 Å². The largest absolute Gasteiger partial charge is 0.448 e. The third-order valence-corrected chi connectivity index (χ3v) is 3.79. The molecule has 7 nitrogen and oxygen atoms in total. The summed E-state index contributed by atoms with van der Waals surface area (Å²) in [6, 6.07) is 6.27. The summed E-state index contributed by atoms with van der Waals surface area (Å²) in [5, 5.41) is 24.1. The zero-order valence-corrected chi connectivity index (χ0v) is 14.0. The van der Waals surface area contributed by atoms with Gasteiger partial charge in [-0.15, -0.1) is 0 Å². The van der Waals surface area contributed by atoms with Crippen LogP contribution in [0.5, 0.6) is 0 Å². The molecule has 4 N–H and O–H groups in total. The van der Waals surface area contributed by atoms with Crippen LogP contribution in [-0.4, -0.2) is 40.4 Å². The van der Waals surface area contributed by atoms with E-state index in [9.17, 15) is 14.3 Å². The summed E-state index contributed by atoms with van der Waals surface area (Å²) in [7, 11) is 0. The Labute approximate surface area is 148 Å². The van der Waals surface area contributed by atoms with E-state index in [2.05, 4.69) is 15.6 Å². The third kappa shape index (κ3) is 3.66. The lowest BCUT2D eigenvalue weighted by atomic mass is 10.2. The van der Waals surface area contributed by atoms with Gasteiger partial charge in [-0.2, -0.15) is 0 Å². The number of halogens is 1. The number of furan rings is 1. The van der Waals surface area contributed by atoms with Crippen molar-refractivity contribution in [3.05, 3.63) is 53.8 Å². The Morgan fingerprint density at radius 1 is 1.38 bits per heavy atom. The van der Waals surface area contributed by atoms with Gasteiger partial charge in [0.25, 0.3) is 5.91 Å². The van der Waals surface area contributed by atoms with E-state index in [0.29, 0.717) is 11.0 Å². The predicted molar refractivity (Wildman–Crippen MR) is 93.9 cm³/mol. The normalized spacial score (nSPS) is 12.2. The van der Waals surface area contributed by atoms with E-state index in [4.69, 9.17) is 9.52 Å². The maximum atomic E-state index is 14.2. The number of hydrogen-bond donors (Lipinski definition) is 4. The molecule has 2 heterocycles. The van der Waals surface area contributed by atoms with Gasteiger partial charge in [-0.1, -0.05) is 6.07 Å². The van der Waals surface area contributed by atoms with Crippen molar-refractivity contribution >= 4 is 28.3 Å². The van der Waals surface area contributed by atoms with Gasteiger partial charge in [0.1, 0.15) is 17.1 Å². The fourth-order valence-electron chi connectivity index (χ4n) is 2.44. The molecule has 0 aliphatic heterocycles. The highest BCUT2D eigenvalue weighted by Crippen LogP contribution is 2.33. The molecule has 0 bridgehead atoms. The van der Waals surface area contributed by atoms with Gasteiger partial charge < -0.3 is 25.3 Å². The first kappa shape index (κ1) is 17.8. The Morgan fingerprint density at radius 2 is 2.19 bits per heavy atom. The van der Waals surface area contributed by atoms with Gasteiger partial charge >= 0.3 is 0 Å². The number of aliphatic hydroxyl groups is 2. The van der Waals surface area contributed by atoms with E-state index in [-0.39, 0.29) is 23.7 Å². The van der Waals surface area contributed by atoms with E-state index in [1.807, 2.05) is 0 Å². The fraction of sp³-hybridized carbons (Fsp3) is 0.222. The Morgan fingerprint density at radius 3 is 2.92 bits per heavy atom. The number of nitrogens with zero attached hydrogens (tertiary/aromatic N) is 1. The van der Waals surface area contributed by atoms with Crippen LogP contribution >= 0.6 is 0 Å². The zero-order valence-electron chi connectivity index (χ0n) is 14.0. The Kier molecular flexibility index (Phi) is 5.15. The van der Waals surface area contributed by atoms with E-state index in [1.54, 1.807) is 25.1 Å². The number of fused-ring (bicyclic) bond motifs is 1. The van der Waals surface area contributed by atoms with Crippen LogP contribution < -0.4 is 10.6 Å². The van der Waals surface area contributed by atoms with Crippen LogP contribution in [0, 0.1) is 12.7 Å². The number of aryl methyl sites for hydroxylation is 1. The van der Waals surface area contributed by atoms with Gasteiger partial charge in [0, 0.05) is 18.9 Å². The maximum absolute atomic E-state index is 14.2. The SMILES string of the molecule is Cc1ccc(Nc2c(C(=O)NCC(O)CO)oc3ccncc23)c(F)c1. The summed E-state index contributed by atoms with van der Waals surface area (Å²) in [5.74, 6) is -1.15. The second-order valence-electron chi connectivity index (χ2n) is 5.83. The average Bonchev–Trinajstić information content (AvgIpc) is 3.00. The number of rotatable bonds is 6. The highest BCUT2D eigenvalue weighted by molar-refractivity contribution is 6.07. The van der Waals surface area contributed by atoms with Crippen LogP contribution in [0.2, 0.25) is 0 Å². The number of pyridine rings is 1. The molecule has 0 saturated carbocycles. The number of benzene rings is 1. The van der Waals surface area contributed by atoms with Crippen LogP contribution in [0.15, 0.2) is 41.1 Å². The number of carbonyl (C=O) groups excluding carboxylic acids is 1. The number of aliphatic hydroxyl groups excluding tert-OH is 2. The van der Waals surface area contributed by atoms with Crippen molar-refractivity contribution in [2.75, 3.05) is 18.5 Å². The molecular weight excluding hydrogens is 341 g/mol. The van der Waals surface area contributed by atoms with Crippen LogP contribution in [0.25, 0.3) is 11.0 Å². The van der Waals surface area contributed by atoms with E-state index < -0.39 is 24.4 Å². The molecule has 1 atom stereocenters. The van der Waals surface area contributed by atoms with Gasteiger partial charge in [0.15, 0.2) is 0 Å². The summed E-state index contributed by atoms with van der Waals surface area (Å²) >= 11 is 0. The molecule has 0 aliphatic rings. The van der Waals surface area contributed by atoms with Gasteiger partial charge in [-0.3, -0.25) is 9.78 Å². The van der Waals surface area contributed by atoms with Crippen LogP contribution in [0.4, 0.5) is 15.8 Å². The Hall–Kier alpha value is -2.97. The molecule has 0 radical (unpaired) electrons. The minimum atomic E-state index is -1.09. The highest BCUT2D eigenvalue weighted by atomic mass is 19.1. The maximum Gasteiger partial charge on any atom is 0.289 e. The molecule has 136 valence electrons. The highest BCUT2D eigenvalue weighted by Gasteiger charge is 2.22. The van der Waals surface area contributed by atoms with Crippen LogP contribution in [0.3, 0.4) is 0 Å². The zero-order chi connectivity index (χ0) is 18.7. The number of anilines is 2. The van der Waals surface area contributed by atoms with Crippen molar-refractivity contribution in [1.82, 2.24) is 10.3 Å². The molecule has 3 aromatic rings. The monoisotopic (exact) mass is 359 g/mol. The topological polar surface area (TPSA) is 108 Å². The minimum Gasteiger partial charge on any atom is -0.448 e. The Balaban J connectivity index is 1.98. The van der Waals surface area contributed by atoms with Crippen molar-refractivity contribution in [3.8, 4) is 0 Å². The second kappa shape index (κ2) is 7.51. The molecule has 1 amide bonds. The third-order valence-electron chi connectivity index (χ3n) is 3.79. The van der Waals surface area contributed by atoms with E-state index >= 15 is 0 Å². The lowest BCUT2D eigenvalue weighted by molar-refractivity contribution is 0.0786. The first-order chi connectivity index (χ1) is 12.5. The van der Waals surface area contributed by atoms with E-state index in [0.717, 1.165) is 5.56 Å². The van der Waals surface area contributed by atoms with Gasteiger partial charge in [0.05, 0.1) is 23.8 Å². The molecule has 0 saturated heterocycles. The molecule has 2 aromatic heterocycles. The Bertz CT molecular complexity index is 941. The number of carbonyl (C=O) groups is 1.